The number of thiophene rings is 1. The molecule has 2 aromatic heterocycles. The number of aromatic nitrogens is 2. The lowest BCUT2D eigenvalue weighted by molar-refractivity contribution is -0.130. The number of likely N-dealkylation sites (N-methyl/N-ethyl adjacent to an activating group) is 1. The molecule has 0 aliphatic rings. The molecular formula is C22H27N3O3S. The van der Waals surface area contributed by atoms with Crippen molar-refractivity contribution in [3.05, 3.63) is 45.8 Å². The normalized spacial score (nSPS) is 11.0. The fraction of sp³-hybridized carbons (Fsp3) is 0.409. The standard InChI is InChI=1S/C22H27N3O3S/c1-5-7-12-24(4)18(26)13-25-14-23-21-20(22(25)27)19(15(3)29-21)16-8-10-17(11-9-16)28-6-2/h8-11,14H,5-7,12-13H2,1-4H3. The van der Waals surface area contributed by atoms with Gasteiger partial charge in [-0.15, -0.1) is 11.3 Å². The number of amides is 1. The lowest BCUT2D eigenvalue weighted by atomic mass is 10.0. The molecule has 0 spiro atoms. The van der Waals surface area contributed by atoms with Crippen LogP contribution in [0.5, 0.6) is 5.75 Å². The molecule has 154 valence electrons. The summed E-state index contributed by atoms with van der Waals surface area (Å²) in [6.07, 6.45) is 3.44. The van der Waals surface area contributed by atoms with E-state index in [4.69, 9.17) is 4.74 Å². The predicted molar refractivity (Wildman–Crippen MR) is 118 cm³/mol. The Morgan fingerprint density at radius 1 is 1.24 bits per heavy atom. The molecule has 6 nitrogen and oxygen atoms in total. The average Bonchev–Trinajstić information content (AvgIpc) is 3.05. The molecule has 29 heavy (non-hydrogen) atoms. The number of ether oxygens (including phenoxy) is 1. The third kappa shape index (κ3) is 4.50. The first kappa shape index (κ1) is 21.0. The van der Waals surface area contributed by atoms with Gasteiger partial charge in [-0.25, -0.2) is 4.98 Å². The van der Waals surface area contributed by atoms with Crippen molar-refractivity contribution >= 4 is 27.5 Å². The number of benzene rings is 1. The van der Waals surface area contributed by atoms with Crippen LogP contribution in [0.3, 0.4) is 0 Å². The van der Waals surface area contributed by atoms with E-state index in [0.717, 1.165) is 34.6 Å². The van der Waals surface area contributed by atoms with Gasteiger partial charge in [-0.2, -0.15) is 0 Å². The van der Waals surface area contributed by atoms with E-state index in [9.17, 15) is 9.59 Å². The summed E-state index contributed by atoms with van der Waals surface area (Å²) in [6.45, 7) is 7.32. The van der Waals surface area contributed by atoms with Crippen LogP contribution in [0.25, 0.3) is 21.3 Å². The second kappa shape index (κ2) is 9.22. The van der Waals surface area contributed by atoms with E-state index in [1.807, 2.05) is 38.1 Å². The summed E-state index contributed by atoms with van der Waals surface area (Å²) >= 11 is 1.50. The fourth-order valence-electron chi connectivity index (χ4n) is 3.27. The second-order valence-corrected chi connectivity index (χ2v) is 8.22. The SMILES string of the molecule is CCCCN(C)C(=O)Cn1cnc2sc(C)c(-c3ccc(OCC)cc3)c2c1=O. The van der Waals surface area contributed by atoms with Gasteiger partial charge in [0.1, 0.15) is 17.1 Å². The van der Waals surface area contributed by atoms with Crippen LogP contribution in [0.1, 0.15) is 31.6 Å². The molecule has 0 bridgehead atoms. The maximum absolute atomic E-state index is 13.2. The minimum Gasteiger partial charge on any atom is -0.494 e. The molecule has 0 unspecified atom stereocenters. The molecule has 0 atom stereocenters. The van der Waals surface area contributed by atoms with E-state index in [2.05, 4.69) is 11.9 Å². The molecule has 3 aromatic rings. The Hall–Kier alpha value is -2.67. The molecule has 0 aliphatic carbocycles. The highest BCUT2D eigenvalue weighted by molar-refractivity contribution is 7.19. The number of rotatable bonds is 8. The first-order chi connectivity index (χ1) is 14.0. The molecule has 1 amide bonds. The summed E-state index contributed by atoms with van der Waals surface area (Å²) < 4.78 is 6.93. The average molecular weight is 414 g/mol. The highest BCUT2D eigenvalue weighted by Gasteiger charge is 2.18. The van der Waals surface area contributed by atoms with Crippen molar-refractivity contribution in [2.75, 3.05) is 20.2 Å². The monoisotopic (exact) mass is 413 g/mol. The van der Waals surface area contributed by atoms with E-state index < -0.39 is 0 Å². The third-order valence-electron chi connectivity index (χ3n) is 4.89. The topological polar surface area (TPSA) is 64.4 Å². The molecule has 0 saturated carbocycles. The van der Waals surface area contributed by atoms with Crippen molar-refractivity contribution in [1.29, 1.82) is 0 Å². The fourth-order valence-corrected chi connectivity index (χ4v) is 4.27. The summed E-state index contributed by atoms with van der Waals surface area (Å²) in [6, 6.07) is 7.73. The zero-order valence-electron chi connectivity index (χ0n) is 17.4. The number of unbranched alkanes of at least 4 members (excludes halogenated alkanes) is 1. The van der Waals surface area contributed by atoms with Gasteiger partial charge in [-0.3, -0.25) is 14.2 Å². The molecule has 0 radical (unpaired) electrons. The Morgan fingerprint density at radius 3 is 2.62 bits per heavy atom. The number of carbonyl (C=O) groups is 1. The van der Waals surface area contributed by atoms with Crippen molar-refractivity contribution in [2.24, 2.45) is 0 Å². The summed E-state index contributed by atoms with van der Waals surface area (Å²) in [4.78, 5) is 33.6. The van der Waals surface area contributed by atoms with E-state index in [1.54, 1.807) is 11.9 Å². The van der Waals surface area contributed by atoms with Crippen LogP contribution in [0, 0.1) is 6.92 Å². The number of hydrogen-bond donors (Lipinski definition) is 0. The van der Waals surface area contributed by atoms with E-state index in [1.165, 1.54) is 22.2 Å². The van der Waals surface area contributed by atoms with Gasteiger partial charge >= 0.3 is 0 Å². The van der Waals surface area contributed by atoms with Crippen molar-refractivity contribution in [1.82, 2.24) is 14.5 Å². The van der Waals surface area contributed by atoms with Crippen molar-refractivity contribution in [3.8, 4) is 16.9 Å². The van der Waals surface area contributed by atoms with E-state index >= 15 is 0 Å². The number of fused-ring (bicyclic) bond motifs is 1. The van der Waals surface area contributed by atoms with Crippen LogP contribution in [0.15, 0.2) is 35.4 Å². The van der Waals surface area contributed by atoms with Crippen molar-refractivity contribution < 1.29 is 9.53 Å². The highest BCUT2D eigenvalue weighted by atomic mass is 32.1. The Balaban J connectivity index is 1.98. The molecule has 0 fully saturated rings. The molecule has 0 saturated heterocycles. The van der Waals surface area contributed by atoms with Gasteiger partial charge in [0.05, 0.1) is 18.3 Å². The van der Waals surface area contributed by atoms with Crippen molar-refractivity contribution in [2.45, 2.75) is 40.2 Å². The van der Waals surface area contributed by atoms with Gasteiger partial charge in [0.2, 0.25) is 5.91 Å². The van der Waals surface area contributed by atoms with E-state index in [0.29, 0.717) is 23.4 Å². The van der Waals surface area contributed by atoms with Gasteiger partial charge in [0.25, 0.3) is 5.56 Å². The summed E-state index contributed by atoms with van der Waals surface area (Å²) in [5.74, 6) is 0.709. The number of hydrogen-bond acceptors (Lipinski definition) is 5. The Morgan fingerprint density at radius 2 is 1.97 bits per heavy atom. The molecule has 0 aliphatic heterocycles. The minimum absolute atomic E-state index is 0.000397. The van der Waals surface area contributed by atoms with Gasteiger partial charge in [0, 0.05) is 24.0 Å². The second-order valence-electron chi connectivity index (χ2n) is 7.02. The quantitative estimate of drug-likeness (QED) is 0.558. The zero-order chi connectivity index (χ0) is 21.0. The Kier molecular flexibility index (Phi) is 6.69. The van der Waals surface area contributed by atoms with Gasteiger partial charge < -0.3 is 9.64 Å². The maximum Gasteiger partial charge on any atom is 0.263 e. The van der Waals surface area contributed by atoms with E-state index in [-0.39, 0.29) is 18.0 Å². The van der Waals surface area contributed by atoms with Gasteiger partial charge in [0.15, 0.2) is 0 Å². The van der Waals surface area contributed by atoms with Crippen LogP contribution in [0.2, 0.25) is 0 Å². The first-order valence-corrected chi connectivity index (χ1v) is 10.7. The first-order valence-electron chi connectivity index (χ1n) is 9.92. The van der Waals surface area contributed by atoms with Gasteiger partial charge in [-0.1, -0.05) is 25.5 Å². The van der Waals surface area contributed by atoms with Crippen molar-refractivity contribution in [3.63, 3.8) is 0 Å². The van der Waals surface area contributed by atoms with Crippen LogP contribution in [-0.4, -0.2) is 40.6 Å². The molecule has 2 heterocycles. The zero-order valence-corrected chi connectivity index (χ0v) is 18.2. The summed E-state index contributed by atoms with van der Waals surface area (Å²) in [5, 5.41) is 0.572. The molecular weight excluding hydrogens is 386 g/mol. The maximum atomic E-state index is 13.2. The molecule has 1 aromatic carbocycles. The molecule has 0 N–H and O–H groups in total. The van der Waals surface area contributed by atoms with Crippen LogP contribution in [0.4, 0.5) is 0 Å². The third-order valence-corrected chi connectivity index (χ3v) is 5.90. The van der Waals surface area contributed by atoms with Crippen LogP contribution in [-0.2, 0) is 11.3 Å². The summed E-state index contributed by atoms with van der Waals surface area (Å²) in [7, 11) is 1.77. The summed E-state index contributed by atoms with van der Waals surface area (Å²) in [5.41, 5.74) is 1.65. The highest BCUT2D eigenvalue weighted by Crippen LogP contribution is 2.36. The minimum atomic E-state index is -0.180. The lowest BCUT2D eigenvalue weighted by Gasteiger charge is -2.17. The predicted octanol–water partition coefficient (Wildman–Crippen LogP) is 4.09. The smallest absolute Gasteiger partial charge is 0.263 e. The molecule has 3 rings (SSSR count). The Bertz CT molecular complexity index is 1050. The van der Waals surface area contributed by atoms with Gasteiger partial charge in [-0.05, 0) is 38.0 Å². The van der Waals surface area contributed by atoms with Crippen LogP contribution < -0.4 is 10.3 Å². The lowest BCUT2D eigenvalue weighted by Crippen LogP contribution is -2.34. The van der Waals surface area contributed by atoms with Crippen LogP contribution >= 0.6 is 11.3 Å². The number of nitrogens with zero attached hydrogens (tertiary/aromatic N) is 3. The number of aryl methyl sites for hydroxylation is 1. The molecule has 7 heteroatoms. The largest absolute Gasteiger partial charge is 0.494 e. The number of carbonyl (C=O) groups excluding carboxylic acids is 1. The Labute approximate surface area is 174 Å².